The van der Waals surface area contributed by atoms with Gasteiger partial charge >= 0.3 is 0 Å². The highest BCUT2D eigenvalue weighted by molar-refractivity contribution is 5.81. The Bertz CT molecular complexity index is 221. The van der Waals surface area contributed by atoms with Gasteiger partial charge in [0.05, 0.1) is 19.8 Å². The Morgan fingerprint density at radius 2 is 2.25 bits per heavy atom. The van der Waals surface area contributed by atoms with Crippen LogP contribution in [0.1, 0.15) is 19.3 Å². The molecule has 0 aromatic heterocycles. The van der Waals surface area contributed by atoms with Crippen LogP contribution in [-0.4, -0.2) is 51.0 Å². The number of nitrogens with one attached hydrogen (secondary N) is 2. The van der Waals surface area contributed by atoms with Gasteiger partial charge in [0.25, 0.3) is 5.91 Å². The molecule has 2 saturated heterocycles. The first kappa shape index (κ1) is 11.8. The summed E-state index contributed by atoms with van der Waals surface area (Å²) in [7, 11) is 0. The van der Waals surface area contributed by atoms with Gasteiger partial charge in [0, 0.05) is 12.6 Å². The second-order valence-electron chi connectivity index (χ2n) is 4.34. The Morgan fingerprint density at radius 1 is 1.31 bits per heavy atom. The van der Waals surface area contributed by atoms with E-state index in [-0.39, 0.29) is 11.9 Å². The van der Waals surface area contributed by atoms with E-state index in [1.54, 1.807) is 0 Å². The molecule has 0 aliphatic carbocycles. The molecule has 0 radical (unpaired) electrons. The molecule has 2 rings (SSSR count). The van der Waals surface area contributed by atoms with E-state index in [0.29, 0.717) is 19.8 Å². The number of ether oxygens (including phenoxy) is 2. The standard InChI is InChI=1S/C11H20N2O3/c14-11(10-8-15-5-6-16-10)13-9-3-1-2-4-12-7-9/h9-10,12H,1-8H2,(H,13,14). The number of hydrogen-bond acceptors (Lipinski definition) is 4. The lowest BCUT2D eigenvalue weighted by molar-refractivity contribution is -0.148. The van der Waals surface area contributed by atoms with Crippen molar-refractivity contribution in [2.75, 3.05) is 32.9 Å². The van der Waals surface area contributed by atoms with Crippen molar-refractivity contribution in [1.29, 1.82) is 0 Å². The van der Waals surface area contributed by atoms with Crippen LogP contribution in [0.4, 0.5) is 0 Å². The van der Waals surface area contributed by atoms with Gasteiger partial charge in [-0.25, -0.2) is 0 Å². The highest BCUT2D eigenvalue weighted by Gasteiger charge is 2.24. The van der Waals surface area contributed by atoms with Crippen LogP contribution in [0.2, 0.25) is 0 Å². The molecule has 2 heterocycles. The lowest BCUT2D eigenvalue weighted by Gasteiger charge is -2.24. The van der Waals surface area contributed by atoms with Gasteiger partial charge in [0.1, 0.15) is 0 Å². The molecule has 5 nitrogen and oxygen atoms in total. The average Bonchev–Trinajstić information content (AvgIpc) is 2.59. The van der Waals surface area contributed by atoms with Crippen molar-refractivity contribution in [3.8, 4) is 0 Å². The molecule has 0 spiro atoms. The zero-order chi connectivity index (χ0) is 11.2. The highest BCUT2D eigenvalue weighted by atomic mass is 16.6. The van der Waals surface area contributed by atoms with E-state index in [0.717, 1.165) is 19.5 Å². The van der Waals surface area contributed by atoms with Crippen LogP contribution < -0.4 is 10.6 Å². The molecule has 92 valence electrons. The Labute approximate surface area is 95.9 Å². The van der Waals surface area contributed by atoms with Crippen molar-refractivity contribution in [1.82, 2.24) is 10.6 Å². The van der Waals surface area contributed by atoms with Gasteiger partial charge in [0.2, 0.25) is 0 Å². The molecule has 0 saturated carbocycles. The van der Waals surface area contributed by atoms with E-state index in [2.05, 4.69) is 10.6 Å². The lowest BCUT2D eigenvalue weighted by Crippen LogP contribution is -2.49. The summed E-state index contributed by atoms with van der Waals surface area (Å²) in [5.74, 6) is -0.0339. The summed E-state index contributed by atoms with van der Waals surface area (Å²) in [6.45, 7) is 3.40. The van der Waals surface area contributed by atoms with Crippen LogP contribution in [0.25, 0.3) is 0 Å². The maximum atomic E-state index is 11.8. The minimum absolute atomic E-state index is 0.0339. The second-order valence-corrected chi connectivity index (χ2v) is 4.34. The van der Waals surface area contributed by atoms with Crippen LogP contribution in [0.5, 0.6) is 0 Å². The van der Waals surface area contributed by atoms with Crippen molar-refractivity contribution in [2.45, 2.75) is 31.4 Å². The first-order chi connectivity index (χ1) is 7.86. The van der Waals surface area contributed by atoms with Crippen molar-refractivity contribution >= 4 is 5.91 Å². The molecule has 1 amide bonds. The molecule has 5 heteroatoms. The predicted octanol–water partition coefficient (Wildman–Crippen LogP) is -0.340. The molecule has 0 aromatic rings. The second kappa shape index (κ2) is 6.18. The molecular weight excluding hydrogens is 208 g/mol. The van der Waals surface area contributed by atoms with Gasteiger partial charge < -0.3 is 20.1 Å². The van der Waals surface area contributed by atoms with Crippen molar-refractivity contribution < 1.29 is 14.3 Å². The number of amides is 1. The summed E-state index contributed by atoms with van der Waals surface area (Å²) >= 11 is 0. The van der Waals surface area contributed by atoms with E-state index in [4.69, 9.17) is 9.47 Å². The monoisotopic (exact) mass is 228 g/mol. The average molecular weight is 228 g/mol. The van der Waals surface area contributed by atoms with Crippen LogP contribution in [0.15, 0.2) is 0 Å². The van der Waals surface area contributed by atoms with Gasteiger partial charge in [-0.15, -0.1) is 0 Å². The maximum Gasteiger partial charge on any atom is 0.251 e. The van der Waals surface area contributed by atoms with E-state index in [1.807, 2.05) is 0 Å². The van der Waals surface area contributed by atoms with Gasteiger partial charge in [-0.2, -0.15) is 0 Å². The number of carbonyl (C=O) groups is 1. The minimum atomic E-state index is -0.419. The fourth-order valence-electron chi connectivity index (χ4n) is 2.08. The third kappa shape index (κ3) is 3.43. The first-order valence-electron chi connectivity index (χ1n) is 6.07. The number of rotatable bonds is 2. The van der Waals surface area contributed by atoms with E-state index in [9.17, 15) is 4.79 Å². The Hall–Kier alpha value is -0.650. The molecule has 2 aliphatic heterocycles. The quantitative estimate of drug-likeness (QED) is 0.679. The summed E-state index contributed by atoms with van der Waals surface area (Å²) in [4.78, 5) is 11.8. The normalized spacial score (nSPS) is 31.8. The molecule has 2 unspecified atom stereocenters. The van der Waals surface area contributed by atoms with Crippen LogP contribution in [-0.2, 0) is 14.3 Å². The largest absolute Gasteiger partial charge is 0.376 e. The van der Waals surface area contributed by atoms with Gasteiger partial charge in [-0.05, 0) is 19.4 Å². The van der Waals surface area contributed by atoms with Gasteiger partial charge in [-0.1, -0.05) is 6.42 Å². The molecule has 2 atom stereocenters. The summed E-state index contributed by atoms with van der Waals surface area (Å²) < 4.78 is 10.6. The fraction of sp³-hybridized carbons (Fsp3) is 0.909. The van der Waals surface area contributed by atoms with Gasteiger partial charge in [0.15, 0.2) is 6.10 Å². The fourth-order valence-corrected chi connectivity index (χ4v) is 2.08. The Balaban J connectivity index is 1.76. The number of carbonyl (C=O) groups excluding carboxylic acids is 1. The molecule has 2 fully saturated rings. The summed E-state index contributed by atoms with van der Waals surface area (Å²) in [6, 6.07) is 0.237. The summed E-state index contributed by atoms with van der Waals surface area (Å²) in [5.41, 5.74) is 0. The topological polar surface area (TPSA) is 59.6 Å². The molecular formula is C11H20N2O3. The SMILES string of the molecule is O=C(NC1CCCCNC1)C1COCCO1. The minimum Gasteiger partial charge on any atom is -0.376 e. The predicted molar refractivity (Wildman–Crippen MR) is 59.2 cm³/mol. The third-order valence-corrected chi connectivity index (χ3v) is 3.00. The third-order valence-electron chi connectivity index (χ3n) is 3.00. The van der Waals surface area contributed by atoms with E-state index >= 15 is 0 Å². The number of hydrogen-bond donors (Lipinski definition) is 2. The smallest absolute Gasteiger partial charge is 0.251 e. The molecule has 0 bridgehead atoms. The van der Waals surface area contributed by atoms with Crippen LogP contribution in [0, 0.1) is 0 Å². The lowest BCUT2D eigenvalue weighted by atomic mass is 10.1. The first-order valence-corrected chi connectivity index (χ1v) is 6.07. The Kier molecular flexibility index (Phi) is 4.56. The highest BCUT2D eigenvalue weighted by Crippen LogP contribution is 2.06. The van der Waals surface area contributed by atoms with Crippen molar-refractivity contribution in [2.24, 2.45) is 0 Å². The Morgan fingerprint density at radius 3 is 3.06 bits per heavy atom. The van der Waals surface area contributed by atoms with Crippen LogP contribution in [0.3, 0.4) is 0 Å². The molecule has 2 N–H and O–H groups in total. The zero-order valence-electron chi connectivity index (χ0n) is 9.54. The molecule has 0 aromatic carbocycles. The van der Waals surface area contributed by atoms with Crippen molar-refractivity contribution in [3.05, 3.63) is 0 Å². The summed E-state index contributed by atoms with van der Waals surface area (Å²) in [5, 5.41) is 6.34. The van der Waals surface area contributed by atoms with E-state index < -0.39 is 6.10 Å². The van der Waals surface area contributed by atoms with Crippen LogP contribution >= 0.6 is 0 Å². The summed E-state index contributed by atoms with van der Waals surface area (Å²) in [6.07, 6.45) is 2.99. The van der Waals surface area contributed by atoms with Crippen molar-refractivity contribution in [3.63, 3.8) is 0 Å². The van der Waals surface area contributed by atoms with E-state index in [1.165, 1.54) is 12.8 Å². The zero-order valence-corrected chi connectivity index (χ0v) is 9.54. The van der Waals surface area contributed by atoms with Gasteiger partial charge in [-0.3, -0.25) is 4.79 Å². The molecule has 2 aliphatic rings. The maximum absolute atomic E-state index is 11.8. The molecule has 16 heavy (non-hydrogen) atoms.